The summed E-state index contributed by atoms with van der Waals surface area (Å²) in [6.45, 7) is 4.00. The Labute approximate surface area is 177 Å². The van der Waals surface area contributed by atoms with Crippen LogP contribution in [0.25, 0.3) is 0 Å². The first-order valence-electron chi connectivity index (χ1n) is 9.85. The quantitative estimate of drug-likeness (QED) is 0.289. The normalized spacial score (nSPS) is 9.31. The third kappa shape index (κ3) is 7.08. The number of benzene rings is 4. The van der Waals surface area contributed by atoms with Gasteiger partial charge in [-0.1, -0.05) is 129 Å². The summed E-state index contributed by atoms with van der Waals surface area (Å²) in [5.74, 6) is 2.53. The highest BCUT2D eigenvalue weighted by Crippen LogP contribution is 2.32. The van der Waals surface area contributed by atoms with Crippen molar-refractivity contribution in [3.63, 3.8) is 0 Å². The predicted molar refractivity (Wildman–Crippen MR) is 131 cm³/mol. The van der Waals surface area contributed by atoms with Crippen molar-refractivity contribution < 1.29 is 0 Å². The van der Waals surface area contributed by atoms with Gasteiger partial charge in [0.15, 0.2) is 0 Å². The topological polar surface area (TPSA) is 0 Å². The summed E-state index contributed by atoms with van der Waals surface area (Å²) in [6, 6.07) is 41.9. The van der Waals surface area contributed by atoms with Crippen molar-refractivity contribution in [2.75, 3.05) is 0 Å². The standard InChI is InChI=1S/C18H15P.C8H6.C2H6/c1-4-10-16(11-5-1)19(17-12-6-2-7-13-17)18-14-8-3-9-15-18;1-2-8-6-4-3-5-7-8;1-2/h1-15H;1,3-7H;1-2H3. The van der Waals surface area contributed by atoms with Crippen molar-refractivity contribution in [1.82, 2.24) is 0 Å². The molecule has 0 nitrogen and oxygen atoms in total. The Morgan fingerprint density at radius 1 is 0.483 bits per heavy atom. The Kier molecular flexibility index (Phi) is 10.0. The predicted octanol–water partition coefficient (Wildman–Crippen LogP) is 6.14. The van der Waals surface area contributed by atoms with Gasteiger partial charge in [0.05, 0.1) is 0 Å². The number of rotatable bonds is 3. The van der Waals surface area contributed by atoms with Gasteiger partial charge in [-0.3, -0.25) is 0 Å². The van der Waals surface area contributed by atoms with Crippen LogP contribution < -0.4 is 15.9 Å². The molecule has 0 saturated heterocycles. The maximum absolute atomic E-state index is 5.10. The van der Waals surface area contributed by atoms with Crippen LogP contribution in [0.4, 0.5) is 0 Å². The molecular weight excluding hydrogens is 367 g/mol. The maximum atomic E-state index is 5.10. The monoisotopic (exact) mass is 394 g/mol. The van der Waals surface area contributed by atoms with Gasteiger partial charge in [0.2, 0.25) is 0 Å². The van der Waals surface area contributed by atoms with E-state index >= 15 is 0 Å². The van der Waals surface area contributed by atoms with E-state index in [9.17, 15) is 0 Å². The summed E-state index contributed by atoms with van der Waals surface area (Å²) >= 11 is 0. The zero-order chi connectivity index (χ0) is 20.7. The molecule has 0 bridgehead atoms. The molecule has 4 aromatic carbocycles. The largest absolute Gasteiger partial charge is 0.115 e. The third-order valence-electron chi connectivity index (χ3n) is 3.98. The van der Waals surface area contributed by atoms with Gasteiger partial charge in [0.1, 0.15) is 0 Å². The number of terminal acetylenes is 1. The molecule has 1 heteroatoms. The Bertz CT molecular complexity index is 862. The van der Waals surface area contributed by atoms with Crippen LogP contribution in [0, 0.1) is 12.3 Å². The van der Waals surface area contributed by atoms with Crippen molar-refractivity contribution in [3.8, 4) is 12.3 Å². The second kappa shape index (κ2) is 13.1. The molecular formula is C28H27P. The van der Waals surface area contributed by atoms with Gasteiger partial charge in [0, 0.05) is 5.56 Å². The molecule has 29 heavy (non-hydrogen) atoms. The van der Waals surface area contributed by atoms with Gasteiger partial charge < -0.3 is 0 Å². The van der Waals surface area contributed by atoms with E-state index in [0.717, 1.165) is 5.56 Å². The van der Waals surface area contributed by atoms with Crippen LogP contribution in [0.2, 0.25) is 0 Å². The van der Waals surface area contributed by atoms with Gasteiger partial charge in [0.25, 0.3) is 0 Å². The van der Waals surface area contributed by atoms with E-state index in [4.69, 9.17) is 6.42 Å². The third-order valence-corrected chi connectivity index (χ3v) is 6.43. The van der Waals surface area contributed by atoms with Gasteiger partial charge >= 0.3 is 0 Å². The zero-order valence-electron chi connectivity index (χ0n) is 17.1. The number of hydrogen-bond acceptors (Lipinski definition) is 0. The zero-order valence-corrected chi connectivity index (χ0v) is 18.0. The minimum atomic E-state index is -0.446. The highest BCUT2D eigenvalue weighted by Gasteiger charge is 2.14. The van der Waals surface area contributed by atoms with E-state index in [-0.39, 0.29) is 0 Å². The smallest absolute Gasteiger partial charge is 0.0242 e. The van der Waals surface area contributed by atoms with E-state index in [1.54, 1.807) is 0 Å². The maximum Gasteiger partial charge on any atom is 0.0242 e. The number of hydrogen-bond donors (Lipinski definition) is 0. The molecule has 0 saturated carbocycles. The summed E-state index contributed by atoms with van der Waals surface area (Å²) in [7, 11) is -0.446. The Balaban J connectivity index is 0.000000252. The summed E-state index contributed by atoms with van der Waals surface area (Å²) in [5, 5.41) is 4.19. The van der Waals surface area contributed by atoms with Crippen LogP contribution in [-0.4, -0.2) is 0 Å². The highest BCUT2D eigenvalue weighted by molar-refractivity contribution is 7.79. The minimum Gasteiger partial charge on any atom is -0.115 e. The van der Waals surface area contributed by atoms with Crippen LogP contribution in [0.3, 0.4) is 0 Å². The molecule has 0 radical (unpaired) electrons. The van der Waals surface area contributed by atoms with E-state index in [1.165, 1.54) is 15.9 Å². The SMILES string of the molecule is C#Cc1ccccc1.CC.c1ccc(P(c2ccccc2)c2ccccc2)cc1. The van der Waals surface area contributed by atoms with Crippen LogP contribution in [0.1, 0.15) is 19.4 Å². The Hall–Kier alpha value is -3.13. The van der Waals surface area contributed by atoms with Crippen molar-refractivity contribution >= 4 is 23.8 Å². The summed E-state index contributed by atoms with van der Waals surface area (Å²) < 4.78 is 0. The van der Waals surface area contributed by atoms with Gasteiger partial charge in [-0.15, -0.1) is 6.42 Å². The average molecular weight is 394 g/mol. The molecule has 0 fully saturated rings. The fraction of sp³-hybridized carbons (Fsp3) is 0.0714. The molecule has 0 amide bonds. The first kappa shape index (κ1) is 22.2. The van der Waals surface area contributed by atoms with Crippen LogP contribution in [0.15, 0.2) is 121 Å². The molecule has 0 aliphatic carbocycles. The highest BCUT2D eigenvalue weighted by atomic mass is 31.1. The molecule has 0 unspecified atom stereocenters. The second-order valence-corrected chi connectivity index (χ2v) is 8.07. The summed E-state index contributed by atoms with van der Waals surface area (Å²) in [5.41, 5.74) is 0.938. The fourth-order valence-corrected chi connectivity index (χ4v) is 5.02. The van der Waals surface area contributed by atoms with E-state index in [0.29, 0.717) is 0 Å². The van der Waals surface area contributed by atoms with E-state index < -0.39 is 7.92 Å². The van der Waals surface area contributed by atoms with Crippen molar-refractivity contribution in [2.24, 2.45) is 0 Å². The Morgan fingerprint density at radius 3 is 1.00 bits per heavy atom. The molecule has 144 valence electrons. The lowest BCUT2D eigenvalue weighted by atomic mass is 10.2. The summed E-state index contributed by atoms with van der Waals surface area (Å²) in [4.78, 5) is 0. The van der Waals surface area contributed by atoms with Crippen LogP contribution in [0.5, 0.6) is 0 Å². The van der Waals surface area contributed by atoms with Gasteiger partial charge in [-0.2, -0.15) is 0 Å². The van der Waals surface area contributed by atoms with Crippen LogP contribution in [-0.2, 0) is 0 Å². The lowest BCUT2D eigenvalue weighted by Gasteiger charge is -2.18. The molecule has 0 aliphatic rings. The lowest BCUT2D eigenvalue weighted by molar-refractivity contribution is 1.50. The average Bonchev–Trinajstić information content (AvgIpc) is 2.84. The van der Waals surface area contributed by atoms with E-state index in [2.05, 4.69) is 96.9 Å². The van der Waals surface area contributed by atoms with Crippen LogP contribution >= 0.6 is 7.92 Å². The molecule has 0 aliphatic heterocycles. The first-order chi connectivity index (χ1) is 14.4. The second-order valence-electron chi connectivity index (χ2n) is 5.85. The molecule has 0 heterocycles. The lowest BCUT2D eigenvalue weighted by Crippen LogP contribution is -2.20. The van der Waals surface area contributed by atoms with Crippen molar-refractivity contribution in [3.05, 3.63) is 127 Å². The van der Waals surface area contributed by atoms with Gasteiger partial charge in [-0.05, 0) is 36.0 Å². The molecule has 0 N–H and O–H groups in total. The molecule has 0 spiro atoms. The molecule has 0 aromatic heterocycles. The molecule has 4 aromatic rings. The van der Waals surface area contributed by atoms with Crippen molar-refractivity contribution in [1.29, 1.82) is 0 Å². The first-order valence-corrected chi connectivity index (χ1v) is 11.2. The van der Waals surface area contributed by atoms with E-state index in [1.807, 2.05) is 44.2 Å². The summed E-state index contributed by atoms with van der Waals surface area (Å²) in [6.07, 6.45) is 5.10. The minimum absolute atomic E-state index is 0.446. The van der Waals surface area contributed by atoms with Gasteiger partial charge in [-0.25, -0.2) is 0 Å². The van der Waals surface area contributed by atoms with Crippen molar-refractivity contribution in [2.45, 2.75) is 13.8 Å². The Morgan fingerprint density at radius 2 is 0.759 bits per heavy atom. The molecule has 0 atom stereocenters. The fourth-order valence-electron chi connectivity index (χ4n) is 2.71. The molecule has 4 rings (SSSR count).